The molecule has 1 aliphatic rings. The SMILES string of the molecule is Cc1cc(C)n(-c2ccc(Cl)c(C(=O)NCc3ccc(N4CCC(C)CC4)nc3)n2)n1. The predicted molar refractivity (Wildman–Crippen MR) is 122 cm³/mol. The minimum atomic E-state index is -0.331. The second-order valence-corrected chi connectivity index (χ2v) is 8.62. The monoisotopic (exact) mass is 438 g/mol. The molecule has 31 heavy (non-hydrogen) atoms. The van der Waals surface area contributed by atoms with E-state index in [0.29, 0.717) is 17.4 Å². The van der Waals surface area contributed by atoms with Crippen LogP contribution in [0.5, 0.6) is 0 Å². The zero-order chi connectivity index (χ0) is 22.0. The van der Waals surface area contributed by atoms with Crippen LogP contribution in [0.1, 0.15) is 47.2 Å². The van der Waals surface area contributed by atoms with Crippen molar-refractivity contribution in [1.29, 1.82) is 0 Å². The summed E-state index contributed by atoms with van der Waals surface area (Å²) in [7, 11) is 0. The molecular formula is C23H27ClN6O. The van der Waals surface area contributed by atoms with Crippen LogP contribution in [0.4, 0.5) is 5.82 Å². The van der Waals surface area contributed by atoms with Crippen LogP contribution in [-0.2, 0) is 6.54 Å². The molecule has 8 heteroatoms. The molecule has 0 spiro atoms. The number of piperidine rings is 1. The minimum Gasteiger partial charge on any atom is -0.357 e. The number of amides is 1. The topological polar surface area (TPSA) is 75.9 Å². The van der Waals surface area contributed by atoms with Crippen LogP contribution in [-0.4, -0.2) is 38.7 Å². The summed E-state index contributed by atoms with van der Waals surface area (Å²) in [4.78, 5) is 24.1. The normalized spacial score (nSPS) is 14.6. The van der Waals surface area contributed by atoms with E-state index in [1.165, 1.54) is 12.8 Å². The highest BCUT2D eigenvalue weighted by Crippen LogP contribution is 2.21. The lowest BCUT2D eigenvalue weighted by molar-refractivity contribution is 0.0946. The number of nitrogens with zero attached hydrogens (tertiary/aromatic N) is 5. The third-order valence-corrected chi connectivity index (χ3v) is 5.95. The number of hydrogen-bond donors (Lipinski definition) is 1. The molecule has 0 unspecified atom stereocenters. The maximum Gasteiger partial charge on any atom is 0.271 e. The van der Waals surface area contributed by atoms with Gasteiger partial charge in [-0.2, -0.15) is 5.10 Å². The molecule has 0 bridgehead atoms. The average molecular weight is 439 g/mol. The van der Waals surface area contributed by atoms with Crippen LogP contribution in [0, 0.1) is 19.8 Å². The summed E-state index contributed by atoms with van der Waals surface area (Å²) in [5.74, 6) is 2.00. The molecule has 4 rings (SSSR count). The maximum absolute atomic E-state index is 12.7. The van der Waals surface area contributed by atoms with Crippen molar-refractivity contribution in [2.24, 2.45) is 5.92 Å². The number of carbonyl (C=O) groups is 1. The molecule has 0 aliphatic carbocycles. The molecule has 3 aromatic heterocycles. The number of aryl methyl sites for hydroxylation is 2. The highest BCUT2D eigenvalue weighted by molar-refractivity contribution is 6.33. The van der Waals surface area contributed by atoms with Gasteiger partial charge >= 0.3 is 0 Å². The summed E-state index contributed by atoms with van der Waals surface area (Å²) in [6.45, 7) is 8.59. The van der Waals surface area contributed by atoms with E-state index in [-0.39, 0.29) is 11.6 Å². The van der Waals surface area contributed by atoms with E-state index in [2.05, 4.69) is 32.2 Å². The standard InChI is InChI=1S/C23H27ClN6O/c1-15-8-10-29(11-9-15)20-6-4-18(13-25-20)14-26-23(31)22-19(24)5-7-21(27-22)30-17(3)12-16(2)28-30/h4-7,12-13,15H,8-11,14H2,1-3H3,(H,26,31). The summed E-state index contributed by atoms with van der Waals surface area (Å²) in [6.07, 6.45) is 4.21. The fourth-order valence-corrected chi connectivity index (χ4v) is 3.97. The fourth-order valence-electron chi connectivity index (χ4n) is 3.78. The average Bonchev–Trinajstić information content (AvgIpc) is 3.11. The molecule has 3 aromatic rings. The van der Waals surface area contributed by atoms with Crippen LogP contribution >= 0.6 is 11.6 Å². The largest absolute Gasteiger partial charge is 0.357 e. The van der Waals surface area contributed by atoms with Crippen LogP contribution in [0.2, 0.25) is 5.02 Å². The van der Waals surface area contributed by atoms with Gasteiger partial charge in [0.1, 0.15) is 11.5 Å². The van der Waals surface area contributed by atoms with E-state index in [0.717, 1.165) is 41.8 Å². The van der Waals surface area contributed by atoms with Gasteiger partial charge in [0.05, 0.1) is 10.7 Å². The highest BCUT2D eigenvalue weighted by atomic mass is 35.5. The van der Waals surface area contributed by atoms with Gasteiger partial charge in [-0.05, 0) is 62.4 Å². The predicted octanol–water partition coefficient (Wildman–Crippen LogP) is 4.10. The molecule has 1 saturated heterocycles. The summed E-state index contributed by atoms with van der Waals surface area (Å²) < 4.78 is 1.70. The van der Waals surface area contributed by atoms with Gasteiger partial charge in [0.2, 0.25) is 0 Å². The van der Waals surface area contributed by atoms with E-state index in [4.69, 9.17) is 11.6 Å². The van der Waals surface area contributed by atoms with Gasteiger partial charge in [0, 0.05) is 31.5 Å². The van der Waals surface area contributed by atoms with Gasteiger partial charge in [-0.15, -0.1) is 0 Å². The second-order valence-electron chi connectivity index (χ2n) is 8.22. The van der Waals surface area contributed by atoms with Crippen molar-refractivity contribution in [3.63, 3.8) is 0 Å². The van der Waals surface area contributed by atoms with Crippen molar-refractivity contribution in [3.05, 3.63) is 64.2 Å². The zero-order valence-electron chi connectivity index (χ0n) is 18.1. The number of rotatable bonds is 5. The van der Waals surface area contributed by atoms with Gasteiger partial charge in [0.15, 0.2) is 5.82 Å². The van der Waals surface area contributed by atoms with Crippen LogP contribution in [0.3, 0.4) is 0 Å². The van der Waals surface area contributed by atoms with E-state index < -0.39 is 0 Å². The quantitative estimate of drug-likeness (QED) is 0.649. The Morgan fingerprint density at radius 3 is 2.55 bits per heavy atom. The minimum absolute atomic E-state index is 0.179. The first-order valence-electron chi connectivity index (χ1n) is 10.6. The lowest BCUT2D eigenvalue weighted by Gasteiger charge is -2.31. The Balaban J connectivity index is 1.42. The number of nitrogens with one attached hydrogen (secondary N) is 1. The van der Waals surface area contributed by atoms with E-state index in [9.17, 15) is 4.79 Å². The third-order valence-electron chi connectivity index (χ3n) is 5.64. The van der Waals surface area contributed by atoms with E-state index in [1.807, 2.05) is 38.2 Å². The number of carbonyl (C=O) groups excluding carboxylic acids is 1. The van der Waals surface area contributed by atoms with Crippen molar-refractivity contribution in [2.45, 2.75) is 40.2 Å². The summed E-state index contributed by atoms with van der Waals surface area (Å²) in [5, 5.41) is 7.61. The lowest BCUT2D eigenvalue weighted by Crippen LogP contribution is -2.33. The zero-order valence-corrected chi connectivity index (χ0v) is 18.9. The molecule has 1 fully saturated rings. The first-order chi connectivity index (χ1) is 14.9. The fraction of sp³-hybridized carbons (Fsp3) is 0.391. The number of pyridine rings is 2. The van der Waals surface area contributed by atoms with Gasteiger partial charge < -0.3 is 10.2 Å². The van der Waals surface area contributed by atoms with Crippen molar-refractivity contribution >= 4 is 23.3 Å². The molecular weight excluding hydrogens is 412 g/mol. The first-order valence-corrected chi connectivity index (χ1v) is 11.0. The van der Waals surface area contributed by atoms with Gasteiger partial charge in [-0.1, -0.05) is 24.6 Å². The Morgan fingerprint density at radius 1 is 1.16 bits per heavy atom. The summed E-state index contributed by atoms with van der Waals surface area (Å²) in [6, 6.07) is 9.40. The third kappa shape index (κ3) is 4.88. The number of halogens is 1. The second kappa shape index (κ2) is 9.06. The van der Waals surface area contributed by atoms with Gasteiger partial charge in [-0.25, -0.2) is 14.6 Å². The number of hydrogen-bond acceptors (Lipinski definition) is 5. The Bertz CT molecular complexity index is 1070. The van der Waals surface area contributed by atoms with E-state index in [1.54, 1.807) is 16.8 Å². The molecule has 0 atom stereocenters. The van der Waals surface area contributed by atoms with Crippen molar-refractivity contribution in [1.82, 2.24) is 25.1 Å². The van der Waals surface area contributed by atoms with Crippen molar-refractivity contribution in [2.75, 3.05) is 18.0 Å². The summed E-state index contributed by atoms with van der Waals surface area (Å²) in [5.41, 5.74) is 2.93. The number of anilines is 1. The molecule has 7 nitrogen and oxygen atoms in total. The highest BCUT2D eigenvalue weighted by Gasteiger charge is 2.18. The van der Waals surface area contributed by atoms with Crippen LogP contribution in [0.25, 0.3) is 5.82 Å². The molecule has 0 aromatic carbocycles. The molecule has 1 amide bonds. The maximum atomic E-state index is 12.7. The molecule has 0 radical (unpaired) electrons. The van der Waals surface area contributed by atoms with E-state index >= 15 is 0 Å². The Hall–Kier alpha value is -2.93. The molecule has 162 valence electrons. The molecule has 0 saturated carbocycles. The number of aromatic nitrogens is 4. The summed E-state index contributed by atoms with van der Waals surface area (Å²) >= 11 is 6.25. The van der Waals surface area contributed by atoms with Crippen molar-refractivity contribution < 1.29 is 4.79 Å². The van der Waals surface area contributed by atoms with Crippen LogP contribution < -0.4 is 10.2 Å². The smallest absolute Gasteiger partial charge is 0.271 e. The lowest BCUT2D eigenvalue weighted by atomic mass is 9.99. The Labute approximate surface area is 187 Å². The van der Waals surface area contributed by atoms with Gasteiger partial charge in [0.25, 0.3) is 5.91 Å². The van der Waals surface area contributed by atoms with Crippen molar-refractivity contribution in [3.8, 4) is 5.82 Å². The van der Waals surface area contributed by atoms with Crippen LogP contribution in [0.15, 0.2) is 36.5 Å². The molecule has 1 N–H and O–H groups in total. The Kier molecular flexibility index (Phi) is 6.23. The van der Waals surface area contributed by atoms with Gasteiger partial charge in [-0.3, -0.25) is 4.79 Å². The molecule has 1 aliphatic heterocycles. The Morgan fingerprint density at radius 2 is 1.90 bits per heavy atom. The first kappa shape index (κ1) is 21.3. The molecule has 4 heterocycles.